The molecule has 1 aliphatic rings. The van der Waals surface area contributed by atoms with Crippen LogP contribution in [0.1, 0.15) is 18.9 Å². The lowest BCUT2D eigenvalue weighted by Gasteiger charge is -2.11. The molecule has 0 saturated heterocycles. The lowest BCUT2D eigenvalue weighted by atomic mass is 9.94. The summed E-state index contributed by atoms with van der Waals surface area (Å²) in [5.41, 5.74) is 1.70. The minimum atomic E-state index is -0.799. The summed E-state index contributed by atoms with van der Waals surface area (Å²) in [6, 6.07) is 4.00. The predicted molar refractivity (Wildman–Crippen MR) is 57.3 cm³/mol. The average Bonchev–Trinajstić information content (AvgIpc) is 2.23. The van der Waals surface area contributed by atoms with Gasteiger partial charge in [0.1, 0.15) is 0 Å². The van der Waals surface area contributed by atoms with Gasteiger partial charge in [-0.25, -0.2) is 8.78 Å². The van der Waals surface area contributed by atoms with Crippen LogP contribution in [0.15, 0.2) is 36.4 Å². The van der Waals surface area contributed by atoms with Crippen molar-refractivity contribution >= 4 is 5.57 Å². The Labute approximate surface area is 87.9 Å². The third kappa shape index (κ3) is 2.14. The highest BCUT2D eigenvalue weighted by Crippen LogP contribution is 2.24. The Hall–Kier alpha value is -1.44. The Balaban J connectivity index is 2.31. The number of hydrogen-bond acceptors (Lipinski definition) is 0. The molecule has 1 aromatic rings. The molecule has 0 fully saturated rings. The molecule has 1 aliphatic carbocycles. The lowest BCUT2D eigenvalue weighted by Crippen LogP contribution is -1.95. The van der Waals surface area contributed by atoms with Gasteiger partial charge >= 0.3 is 0 Å². The Bertz CT molecular complexity index is 430. The smallest absolute Gasteiger partial charge is 0.159 e. The van der Waals surface area contributed by atoms with E-state index in [1.165, 1.54) is 6.07 Å². The molecule has 0 nitrogen and oxygen atoms in total. The molecule has 0 amide bonds. The summed E-state index contributed by atoms with van der Waals surface area (Å²) in [4.78, 5) is 0. The molecular formula is C13H12F2. The first kappa shape index (κ1) is 10.1. The summed E-state index contributed by atoms with van der Waals surface area (Å²) in [5, 5.41) is 0. The van der Waals surface area contributed by atoms with E-state index < -0.39 is 11.6 Å². The van der Waals surface area contributed by atoms with Gasteiger partial charge in [0, 0.05) is 0 Å². The van der Waals surface area contributed by atoms with Crippen molar-refractivity contribution < 1.29 is 8.78 Å². The van der Waals surface area contributed by atoms with Gasteiger partial charge in [0.15, 0.2) is 11.6 Å². The second kappa shape index (κ2) is 3.97. The summed E-state index contributed by atoms with van der Waals surface area (Å²) >= 11 is 0. The van der Waals surface area contributed by atoms with Gasteiger partial charge in [-0.1, -0.05) is 31.2 Å². The van der Waals surface area contributed by atoms with Crippen molar-refractivity contribution in [2.24, 2.45) is 5.92 Å². The molecule has 1 unspecified atom stereocenters. The molecule has 0 N–H and O–H groups in total. The number of halogens is 2. The first-order chi connectivity index (χ1) is 7.16. The van der Waals surface area contributed by atoms with E-state index in [0.717, 1.165) is 23.6 Å². The third-order valence-electron chi connectivity index (χ3n) is 2.57. The van der Waals surface area contributed by atoms with Crippen LogP contribution in [-0.2, 0) is 0 Å². The van der Waals surface area contributed by atoms with Crippen LogP contribution in [0, 0.1) is 17.6 Å². The van der Waals surface area contributed by atoms with Crippen molar-refractivity contribution in [3.8, 4) is 0 Å². The molecule has 1 atom stereocenters. The molecule has 0 radical (unpaired) electrons. The fraction of sp³-hybridized carbons (Fsp3) is 0.231. The van der Waals surface area contributed by atoms with Gasteiger partial charge in [-0.15, -0.1) is 0 Å². The van der Waals surface area contributed by atoms with E-state index >= 15 is 0 Å². The van der Waals surface area contributed by atoms with Crippen molar-refractivity contribution in [3.05, 3.63) is 53.6 Å². The Morgan fingerprint density at radius 1 is 1.20 bits per heavy atom. The Kier molecular flexibility index (Phi) is 2.67. The van der Waals surface area contributed by atoms with Crippen LogP contribution in [0.25, 0.3) is 5.57 Å². The SMILES string of the molecule is CC1C=CC(c2ccc(F)c(F)c2)=CC1. The molecule has 0 aliphatic heterocycles. The van der Waals surface area contributed by atoms with Crippen LogP contribution in [0.4, 0.5) is 8.78 Å². The highest BCUT2D eigenvalue weighted by molar-refractivity contribution is 5.74. The number of benzene rings is 1. The highest BCUT2D eigenvalue weighted by atomic mass is 19.2. The monoisotopic (exact) mass is 206 g/mol. The van der Waals surface area contributed by atoms with Crippen LogP contribution in [0.5, 0.6) is 0 Å². The van der Waals surface area contributed by atoms with Crippen LogP contribution < -0.4 is 0 Å². The van der Waals surface area contributed by atoms with Crippen LogP contribution in [-0.4, -0.2) is 0 Å². The van der Waals surface area contributed by atoms with Gasteiger partial charge in [0.2, 0.25) is 0 Å². The standard InChI is InChI=1S/C13H12F2/c1-9-2-4-10(5-3-9)11-6-7-12(14)13(15)8-11/h2,4-9H,3H2,1H3. The Morgan fingerprint density at radius 2 is 2.00 bits per heavy atom. The van der Waals surface area contributed by atoms with Gasteiger partial charge in [0.25, 0.3) is 0 Å². The summed E-state index contributed by atoms with van der Waals surface area (Å²) in [5.74, 6) is -1.06. The molecular weight excluding hydrogens is 194 g/mol. The van der Waals surface area contributed by atoms with Crippen molar-refractivity contribution in [1.82, 2.24) is 0 Å². The Morgan fingerprint density at radius 3 is 2.60 bits per heavy atom. The fourth-order valence-electron chi connectivity index (χ4n) is 1.62. The molecule has 2 rings (SSSR count). The van der Waals surface area contributed by atoms with E-state index in [9.17, 15) is 8.78 Å². The van der Waals surface area contributed by atoms with E-state index in [1.807, 2.05) is 6.08 Å². The predicted octanol–water partition coefficient (Wildman–Crippen LogP) is 3.94. The first-order valence-electron chi connectivity index (χ1n) is 5.00. The lowest BCUT2D eigenvalue weighted by molar-refractivity contribution is 0.508. The molecule has 0 saturated carbocycles. The zero-order valence-electron chi connectivity index (χ0n) is 8.50. The van der Waals surface area contributed by atoms with Crippen LogP contribution >= 0.6 is 0 Å². The average molecular weight is 206 g/mol. The summed E-state index contributed by atoms with van der Waals surface area (Å²) < 4.78 is 25.7. The topological polar surface area (TPSA) is 0 Å². The van der Waals surface area contributed by atoms with E-state index in [1.54, 1.807) is 6.07 Å². The molecule has 0 aromatic heterocycles. The minimum Gasteiger partial charge on any atom is -0.204 e. The second-order valence-electron chi connectivity index (χ2n) is 3.86. The highest BCUT2D eigenvalue weighted by Gasteiger charge is 2.08. The van der Waals surface area contributed by atoms with E-state index in [0.29, 0.717) is 5.92 Å². The zero-order chi connectivity index (χ0) is 10.8. The maximum absolute atomic E-state index is 13.0. The van der Waals surface area contributed by atoms with Gasteiger partial charge in [-0.2, -0.15) is 0 Å². The molecule has 2 heteroatoms. The van der Waals surface area contributed by atoms with Crippen LogP contribution in [0.2, 0.25) is 0 Å². The number of hydrogen-bond donors (Lipinski definition) is 0. The number of rotatable bonds is 1. The summed E-state index contributed by atoms with van der Waals surface area (Å²) in [6.45, 7) is 2.12. The first-order valence-corrected chi connectivity index (χ1v) is 5.00. The molecule has 15 heavy (non-hydrogen) atoms. The quantitative estimate of drug-likeness (QED) is 0.652. The van der Waals surface area contributed by atoms with Gasteiger partial charge < -0.3 is 0 Å². The van der Waals surface area contributed by atoms with E-state index in [4.69, 9.17) is 0 Å². The maximum Gasteiger partial charge on any atom is 0.159 e. The number of allylic oxidation sites excluding steroid dienone is 4. The second-order valence-corrected chi connectivity index (χ2v) is 3.86. The molecule has 0 bridgehead atoms. The maximum atomic E-state index is 13.0. The molecule has 0 heterocycles. The molecule has 0 spiro atoms. The van der Waals surface area contributed by atoms with Crippen molar-refractivity contribution in [2.45, 2.75) is 13.3 Å². The largest absolute Gasteiger partial charge is 0.204 e. The minimum absolute atomic E-state index is 0.527. The summed E-state index contributed by atoms with van der Waals surface area (Å²) in [6.07, 6.45) is 7.04. The molecule has 78 valence electrons. The normalized spacial score (nSPS) is 20.2. The summed E-state index contributed by atoms with van der Waals surface area (Å²) in [7, 11) is 0. The van der Waals surface area contributed by atoms with E-state index in [2.05, 4.69) is 19.1 Å². The third-order valence-corrected chi connectivity index (χ3v) is 2.57. The van der Waals surface area contributed by atoms with Gasteiger partial charge in [0.05, 0.1) is 0 Å². The van der Waals surface area contributed by atoms with Crippen molar-refractivity contribution in [2.75, 3.05) is 0 Å². The van der Waals surface area contributed by atoms with E-state index in [-0.39, 0.29) is 0 Å². The van der Waals surface area contributed by atoms with Gasteiger partial charge in [-0.3, -0.25) is 0 Å². The fourth-order valence-corrected chi connectivity index (χ4v) is 1.62. The van der Waals surface area contributed by atoms with Gasteiger partial charge in [-0.05, 0) is 35.6 Å². The van der Waals surface area contributed by atoms with Crippen molar-refractivity contribution in [3.63, 3.8) is 0 Å². The van der Waals surface area contributed by atoms with Crippen molar-refractivity contribution in [1.29, 1.82) is 0 Å². The van der Waals surface area contributed by atoms with Crippen LogP contribution in [0.3, 0.4) is 0 Å². The zero-order valence-corrected chi connectivity index (χ0v) is 8.50. The molecule has 1 aromatic carbocycles.